The normalized spacial score (nSPS) is 19.9. The smallest absolute Gasteiger partial charge is 0.167 e. The van der Waals surface area contributed by atoms with Crippen LogP contribution in [0.3, 0.4) is 0 Å². The summed E-state index contributed by atoms with van der Waals surface area (Å²) in [5, 5.41) is 12.7. The molecule has 92 valence electrons. The van der Waals surface area contributed by atoms with Crippen LogP contribution in [0.15, 0.2) is 18.2 Å². The maximum atomic E-state index is 12.2. The maximum Gasteiger partial charge on any atom is 0.167 e. The van der Waals surface area contributed by atoms with Crippen LogP contribution in [0, 0.1) is 5.92 Å². The monoisotopic (exact) mass is 235 g/mol. The van der Waals surface area contributed by atoms with Crippen LogP contribution < -0.4 is 10.1 Å². The van der Waals surface area contributed by atoms with Gasteiger partial charge in [-0.25, -0.2) is 0 Å². The molecule has 4 heteroatoms. The van der Waals surface area contributed by atoms with E-state index in [1.54, 1.807) is 12.1 Å². The van der Waals surface area contributed by atoms with Gasteiger partial charge in [0.25, 0.3) is 0 Å². The van der Waals surface area contributed by atoms with Gasteiger partial charge in [-0.05, 0) is 37.6 Å². The highest BCUT2D eigenvalue weighted by atomic mass is 16.5. The minimum Gasteiger partial charge on any atom is -0.504 e. The number of ketones is 1. The Morgan fingerprint density at radius 3 is 3.00 bits per heavy atom. The molecule has 4 nitrogen and oxygen atoms in total. The van der Waals surface area contributed by atoms with Crippen LogP contribution in [-0.4, -0.2) is 31.1 Å². The zero-order valence-electron chi connectivity index (χ0n) is 9.90. The number of nitrogens with one attached hydrogen (secondary N) is 1. The number of hydrogen-bond acceptors (Lipinski definition) is 4. The highest BCUT2D eigenvalue weighted by Gasteiger charge is 2.22. The highest BCUT2D eigenvalue weighted by molar-refractivity contribution is 5.98. The van der Waals surface area contributed by atoms with E-state index in [1.165, 1.54) is 13.2 Å². The maximum absolute atomic E-state index is 12.2. The van der Waals surface area contributed by atoms with Gasteiger partial charge in [-0.3, -0.25) is 4.79 Å². The lowest BCUT2D eigenvalue weighted by molar-refractivity contribution is 0.0899. The molecule has 1 fully saturated rings. The summed E-state index contributed by atoms with van der Waals surface area (Å²) in [5.74, 6) is 0.568. The van der Waals surface area contributed by atoms with Gasteiger partial charge < -0.3 is 15.2 Å². The molecule has 0 saturated carbocycles. The first-order valence-corrected chi connectivity index (χ1v) is 5.84. The SMILES string of the molecule is COc1cc(C(=O)C2CCCNC2)ccc1O. The molecule has 2 rings (SSSR count). The fraction of sp³-hybridized carbons (Fsp3) is 0.462. The third kappa shape index (κ3) is 2.58. The number of rotatable bonds is 3. The second-order valence-electron chi connectivity index (χ2n) is 4.29. The van der Waals surface area contributed by atoms with E-state index in [1.807, 2.05) is 0 Å². The molecule has 1 aliphatic heterocycles. The van der Waals surface area contributed by atoms with Crippen LogP contribution in [0.4, 0.5) is 0 Å². The van der Waals surface area contributed by atoms with Gasteiger partial charge in [0.05, 0.1) is 7.11 Å². The number of phenols is 1. The summed E-state index contributed by atoms with van der Waals surface area (Å²) in [6, 6.07) is 4.75. The fourth-order valence-corrected chi connectivity index (χ4v) is 2.14. The van der Waals surface area contributed by atoms with Crippen molar-refractivity contribution in [2.75, 3.05) is 20.2 Å². The van der Waals surface area contributed by atoms with E-state index in [2.05, 4.69) is 5.32 Å². The summed E-state index contributed by atoms with van der Waals surface area (Å²) < 4.78 is 5.01. The summed E-state index contributed by atoms with van der Waals surface area (Å²) in [7, 11) is 1.48. The summed E-state index contributed by atoms with van der Waals surface area (Å²) in [5.41, 5.74) is 0.605. The largest absolute Gasteiger partial charge is 0.504 e. The number of hydrogen-bond donors (Lipinski definition) is 2. The molecule has 0 bridgehead atoms. The quantitative estimate of drug-likeness (QED) is 0.781. The predicted octanol–water partition coefficient (Wildman–Crippen LogP) is 1.58. The molecule has 0 aliphatic carbocycles. The number of benzene rings is 1. The van der Waals surface area contributed by atoms with Crippen molar-refractivity contribution in [1.29, 1.82) is 0 Å². The Labute approximate surface area is 101 Å². The van der Waals surface area contributed by atoms with Crippen LogP contribution in [0.2, 0.25) is 0 Å². The number of aromatic hydroxyl groups is 1. The van der Waals surface area contributed by atoms with Crippen molar-refractivity contribution < 1.29 is 14.6 Å². The van der Waals surface area contributed by atoms with Gasteiger partial charge in [0.2, 0.25) is 0 Å². The van der Waals surface area contributed by atoms with Crippen molar-refractivity contribution in [3.63, 3.8) is 0 Å². The standard InChI is InChI=1S/C13H17NO3/c1-17-12-7-9(4-5-11(12)15)13(16)10-3-2-6-14-8-10/h4-5,7,10,14-15H,2-3,6,8H2,1H3. The van der Waals surface area contributed by atoms with Crippen molar-refractivity contribution in [2.24, 2.45) is 5.92 Å². The lowest BCUT2D eigenvalue weighted by atomic mass is 9.91. The van der Waals surface area contributed by atoms with E-state index in [0.717, 1.165) is 25.9 Å². The van der Waals surface area contributed by atoms with Gasteiger partial charge in [0, 0.05) is 18.0 Å². The summed E-state index contributed by atoms with van der Waals surface area (Å²) in [6.45, 7) is 1.73. The lowest BCUT2D eigenvalue weighted by Gasteiger charge is -2.21. The topological polar surface area (TPSA) is 58.6 Å². The number of phenolic OH excluding ortho intramolecular Hbond substituents is 1. The van der Waals surface area contributed by atoms with Crippen molar-refractivity contribution in [3.05, 3.63) is 23.8 Å². The lowest BCUT2D eigenvalue weighted by Crippen LogP contribution is -2.34. The first-order chi connectivity index (χ1) is 8.22. The third-order valence-electron chi connectivity index (χ3n) is 3.13. The Morgan fingerprint density at radius 2 is 2.35 bits per heavy atom. The second-order valence-corrected chi connectivity index (χ2v) is 4.29. The van der Waals surface area contributed by atoms with Crippen LogP contribution >= 0.6 is 0 Å². The Hall–Kier alpha value is -1.55. The predicted molar refractivity (Wildman–Crippen MR) is 64.6 cm³/mol. The van der Waals surface area contributed by atoms with E-state index < -0.39 is 0 Å². The summed E-state index contributed by atoms with van der Waals surface area (Å²) in [4.78, 5) is 12.2. The molecular formula is C13H17NO3. The van der Waals surface area contributed by atoms with E-state index in [4.69, 9.17) is 4.74 Å². The molecule has 1 unspecified atom stereocenters. The molecule has 2 N–H and O–H groups in total. The Bertz CT molecular complexity index is 411. The number of piperidine rings is 1. The zero-order chi connectivity index (χ0) is 12.3. The molecular weight excluding hydrogens is 218 g/mol. The Morgan fingerprint density at radius 1 is 1.53 bits per heavy atom. The van der Waals surface area contributed by atoms with Crippen molar-refractivity contribution >= 4 is 5.78 Å². The van der Waals surface area contributed by atoms with E-state index in [0.29, 0.717) is 11.3 Å². The van der Waals surface area contributed by atoms with Crippen LogP contribution in [-0.2, 0) is 0 Å². The van der Waals surface area contributed by atoms with Gasteiger partial charge in [-0.2, -0.15) is 0 Å². The van der Waals surface area contributed by atoms with E-state index in [-0.39, 0.29) is 17.5 Å². The molecule has 17 heavy (non-hydrogen) atoms. The fourth-order valence-electron chi connectivity index (χ4n) is 2.14. The molecule has 0 aromatic heterocycles. The van der Waals surface area contributed by atoms with Gasteiger partial charge in [0.1, 0.15) is 0 Å². The molecule has 1 aromatic rings. The average molecular weight is 235 g/mol. The first-order valence-electron chi connectivity index (χ1n) is 5.84. The molecule has 1 heterocycles. The molecule has 1 atom stereocenters. The molecule has 0 amide bonds. The summed E-state index contributed by atoms with van der Waals surface area (Å²) >= 11 is 0. The Kier molecular flexibility index (Phi) is 3.64. The third-order valence-corrected chi connectivity index (χ3v) is 3.13. The number of Topliss-reactive ketones (excluding diaryl/α,β-unsaturated/α-hetero) is 1. The second kappa shape index (κ2) is 5.19. The van der Waals surface area contributed by atoms with Gasteiger partial charge in [-0.15, -0.1) is 0 Å². The molecule has 0 radical (unpaired) electrons. The van der Waals surface area contributed by atoms with Gasteiger partial charge in [0.15, 0.2) is 17.3 Å². The molecule has 0 spiro atoms. The van der Waals surface area contributed by atoms with Crippen molar-refractivity contribution in [1.82, 2.24) is 5.32 Å². The zero-order valence-corrected chi connectivity index (χ0v) is 9.90. The van der Waals surface area contributed by atoms with Crippen molar-refractivity contribution in [3.8, 4) is 11.5 Å². The van der Waals surface area contributed by atoms with E-state index in [9.17, 15) is 9.90 Å². The van der Waals surface area contributed by atoms with Crippen LogP contribution in [0.5, 0.6) is 11.5 Å². The molecule has 1 aliphatic rings. The number of carbonyl (C=O) groups is 1. The minimum atomic E-state index is 0.0398. The van der Waals surface area contributed by atoms with Gasteiger partial charge in [-0.1, -0.05) is 0 Å². The van der Waals surface area contributed by atoms with Crippen LogP contribution in [0.1, 0.15) is 23.2 Å². The summed E-state index contributed by atoms with van der Waals surface area (Å²) in [6.07, 6.45) is 1.96. The molecule has 1 saturated heterocycles. The number of ether oxygens (including phenoxy) is 1. The highest BCUT2D eigenvalue weighted by Crippen LogP contribution is 2.28. The molecule has 1 aromatic carbocycles. The van der Waals surface area contributed by atoms with Crippen molar-refractivity contribution in [2.45, 2.75) is 12.8 Å². The average Bonchev–Trinajstić information content (AvgIpc) is 2.39. The van der Waals surface area contributed by atoms with Crippen LogP contribution in [0.25, 0.3) is 0 Å². The van der Waals surface area contributed by atoms with Gasteiger partial charge >= 0.3 is 0 Å². The first kappa shape index (κ1) is 11.9. The Balaban J connectivity index is 2.18. The minimum absolute atomic E-state index is 0.0398. The van der Waals surface area contributed by atoms with E-state index >= 15 is 0 Å². The number of carbonyl (C=O) groups excluding carboxylic acids is 1. The number of methoxy groups -OCH3 is 1.